The van der Waals surface area contributed by atoms with Crippen LogP contribution < -0.4 is 0 Å². The summed E-state index contributed by atoms with van der Waals surface area (Å²) in [6, 6.07) is 0. The van der Waals surface area contributed by atoms with Crippen molar-refractivity contribution < 1.29 is 13.2 Å². The van der Waals surface area contributed by atoms with Gasteiger partial charge in [0, 0.05) is 18.6 Å². The van der Waals surface area contributed by atoms with Crippen molar-refractivity contribution in [2.45, 2.75) is 38.5 Å². The Morgan fingerprint density at radius 3 is 2.25 bits per heavy atom. The molecule has 2 aliphatic carbocycles. The maximum absolute atomic E-state index is 11.9. The minimum atomic E-state index is -2.90. The quantitative estimate of drug-likeness (QED) is 0.741. The molecule has 0 saturated heterocycles. The summed E-state index contributed by atoms with van der Waals surface area (Å²) in [6.45, 7) is 0. The van der Waals surface area contributed by atoms with Gasteiger partial charge in [-0.15, -0.1) is 0 Å². The Morgan fingerprint density at radius 2 is 1.75 bits per heavy atom. The first-order valence-corrected chi connectivity index (χ1v) is 8.25. The molecule has 0 amide bonds. The molecule has 0 bridgehead atoms. The fourth-order valence-corrected chi connectivity index (χ4v) is 3.81. The third kappa shape index (κ3) is 2.84. The van der Waals surface area contributed by atoms with Crippen LogP contribution in [0.5, 0.6) is 0 Å². The lowest BCUT2D eigenvalue weighted by molar-refractivity contribution is -0.120. The first-order valence-electron chi connectivity index (χ1n) is 6.19. The summed E-state index contributed by atoms with van der Waals surface area (Å²) in [6.07, 6.45) is 7.18. The normalized spacial score (nSPS) is 33.2. The van der Waals surface area contributed by atoms with Crippen LogP contribution in [-0.2, 0) is 14.6 Å². The zero-order valence-electron chi connectivity index (χ0n) is 9.81. The summed E-state index contributed by atoms with van der Waals surface area (Å²) in [7, 11) is -2.90. The maximum Gasteiger partial charge on any atom is 0.147 e. The third-order valence-electron chi connectivity index (χ3n) is 3.97. The Kier molecular flexibility index (Phi) is 3.38. The predicted molar refractivity (Wildman–Crippen MR) is 62.9 cm³/mol. The Bertz CT molecular complexity index is 360. The van der Waals surface area contributed by atoms with E-state index in [1.165, 1.54) is 31.9 Å². The lowest BCUT2D eigenvalue weighted by Gasteiger charge is -2.04. The molecule has 0 aliphatic heterocycles. The van der Waals surface area contributed by atoms with Crippen molar-refractivity contribution in [2.75, 3.05) is 12.0 Å². The Hall–Kier alpha value is -0.380. The minimum absolute atomic E-state index is 0.154. The highest BCUT2D eigenvalue weighted by atomic mass is 32.2. The molecule has 2 fully saturated rings. The molecule has 0 heterocycles. The number of carbonyl (C=O) groups excluding carboxylic acids is 1. The van der Waals surface area contributed by atoms with E-state index in [1.54, 1.807) is 0 Å². The van der Waals surface area contributed by atoms with E-state index in [0.717, 1.165) is 0 Å². The first kappa shape index (κ1) is 12.1. The van der Waals surface area contributed by atoms with Crippen molar-refractivity contribution in [3.8, 4) is 0 Å². The van der Waals surface area contributed by atoms with Gasteiger partial charge in [-0.3, -0.25) is 4.79 Å². The fraction of sp³-hybridized carbons (Fsp3) is 0.917. The zero-order valence-corrected chi connectivity index (χ0v) is 10.6. The molecule has 0 spiro atoms. The average molecular weight is 244 g/mol. The van der Waals surface area contributed by atoms with E-state index in [0.29, 0.717) is 36.4 Å². The zero-order chi connectivity index (χ0) is 11.8. The van der Waals surface area contributed by atoms with Gasteiger partial charge in [-0.05, 0) is 31.1 Å². The van der Waals surface area contributed by atoms with Crippen molar-refractivity contribution >= 4 is 15.6 Å². The molecule has 3 nitrogen and oxygen atoms in total. The molecule has 2 saturated carbocycles. The van der Waals surface area contributed by atoms with Gasteiger partial charge in [-0.25, -0.2) is 8.42 Å². The van der Waals surface area contributed by atoms with Gasteiger partial charge in [-0.2, -0.15) is 0 Å². The first-order chi connectivity index (χ1) is 7.49. The van der Waals surface area contributed by atoms with Crippen molar-refractivity contribution in [3.05, 3.63) is 0 Å². The highest BCUT2D eigenvalue weighted by Crippen LogP contribution is 2.56. The molecule has 92 valence electrons. The number of rotatable bonds is 5. The Labute approximate surface area is 97.5 Å². The number of carbonyl (C=O) groups is 1. The molecule has 0 aromatic carbocycles. The SMILES string of the molecule is CS(=O)(=O)CCCC(=O)C1C2CCCCC21. The second-order valence-corrected chi connectivity index (χ2v) is 7.60. The number of hydrogen-bond donors (Lipinski definition) is 0. The average Bonchev–Trinajstić information content (AvgIpc) is 2.89. The van der Waals surface area contributed by atoms with Crippen LogP contribution in [0.15, 0.2) is 0 Å². The molecule has 2 unspecified atom stereocenters. The van der Waals surface area contributed by atoms with Gasteiger partial charge < -0.3 is 0 Å². The van der Waals surface area contributed by atoms with Gasteiger partial charge in [0.25, 0.3) is 0 Å². The van der Waals surface area contributed by atoms with Crippen LogP contribution in [0.1, 0.15) is 38.5 Å². The maximum atomic E-state index is 11.9. The number of ketones is 1. The van der Waals surface area contributed by atoms with Crippen LogP contribution >= 0.6 is 0 Å². The molecule has 0 aromatic rings. The molecule has 2 atom stereocenters. The molecule has 16 heavy (non-hydrogen) atoms. The number of fused-ring (bicyclic) bond motifs is 1. The van der Waals surface area contributed by atoms with Gasteiger partial charge in [0.1, 0.15) is 15.6 Å². The summed E-state index contributed by atoms with van der Waals surface area (Å²) in [5.41, 5.74) is 0. The van der Waals surface area contributed by atoms with Gasteiger partial charge in [0.2, 0.25) is 0 Å². The van der Waals surface area contributed by atoms with Gasteiger partial charge in [-0.1, -0.05) is 12.8 Å². The summed E-state index contributed by atoms with van der Waals surface area (Å²) >= 11 is 0. The molecule has 4 heteroatoms. The molecular weight excluding hydrogens is 224 g/mol. The summed E-state index contributed by atoms with van der Waals surface area (Å²) in [5, 5.41) is 0. The number of hydrogen-bond acceptors (Lipinski definition) is 3. The largest absolute Gasteiger partial charge is 0.299 e. The van der Waals surface area contributed by atoms with Crippen LogP contribution in [0.4, 0.5) is 0 Å². The molecule has 2 aliphatic rings. The van der Waals surface area contributed by atoms with Crippen LogP contribution in [0, 0.1) is 17.8 Å². The van der Waals surface area contributed by atoms with E-state index < -0.39 is 9.84 Å². The van der Waals surface area contributed by atoms with E-state index in [1.807, 2.05) is 0 Å². The second kappa shape index (κ2) is 4.47. The predicted octanol–water partition coefficient (Wildman–Crippen LogP) is 1.82. The van der Waals surface area contributed by atoms with Gasteiger partial charge >= 0.3 is 0 Å². The molecule has 2 rings (SSSR count). The standard InChI is InChI=1S/C12H20O3S/c1-16(14,15)8-4-7-11(13)12-9-5-2-3-6-10(9)12/h9-10,12H,2-8H2,1H3. The van der Waals surface area contributed by atoms with E-state index >= 15 is 0 Å². The monoisotopic (exact) mass is 244 g/mol. The highest BCUT2D eigenvalue weighted by molar-refractivity contribution is 7.90. The lowest BCUT2D eigenvalue weighted by atomic mass is 10.0. The van der Waals surface area contributed by atoms with E-state index in [-0.39, 0.29) is 5.75 Å². The molecule has 0 aromatic heterocycles. The van der Waals surface area contributed by atoms with Crippen LogP contribution in [0.2, 0.25) is 0 Å². The van der Waals surface area contributed by atoms with Gasteiger partial charge in [0.15, 0.2) is 0 Å². The smallest absolute Gasteiger partial charge is 0.147 e. The third-order valence-corrected chi connectivity index (χ3v) is 5.00. The summed E-state index contributed by atoms with van der Waals surface area (Å²) in [4.78, 5) is 11.9. The van der Waals surface area contributed by atoms with Crippen LogP contribution in [0.3, 0.4) is 0 Å². The minimum Gasteiger partial charge on any atom is -0.299 e. The topological polar surface area (TPSA) is 51.2 Å². The van der Waals surface area contributed by atoms with Crippen molar-refractivity contribution in [1.82, 2.24) is 0 Å². The van der Waals surface area contributed by atoms with E-state index in [2.05, 4.69) is 0 Å². The van der Waals surface area contributed by atoms with Crippen molar-refractivity contribution in [1.29, 1.82) is 0 Å². The highest BCUT2D eigenvalue weighted by Gasteiger charge is 2.53. The summed E-state index contributed by atoms with van der Waals surface area (Å²) < 4.78 is 21.9. The Morgan fingerprint density at radius 1 is 1.19 bits per heavy atom. The van der Waals surface area contributed by atoms with E-state index in [4.69, 9.17) is 0 Å². The molecule has 0 radical (unpaired) electrons. The van der Waals surface area contributed by atoms with Gasteiger partial charge in [0.05, 0.1) is 5.75 Å². The number of sulfone groups is 1. The lowest BCUT2D eigenvalue weighted by Crippen LogP contribution is -2.08. The van der Waals surface area contributed by atoms with Crippen molar-refractivity contribution in [3.63, 3.8) is 0 Å². The Balaban J connectivity index is 1.73. The molecular formula is C12H20O3S. The second-order valence-electron chi connectivity index (χ2n) is 5.34. The van der Waals surface area contributed by atoms with Crippen LogP contribution in [0.25, 0.3) is 0 Å². The van der Waals surface area contributed by atoms with Crippen LogP contribution in [-0.4, -0.2) is 26.2 Å². The van der Waals surface area contributed by atoms with Crippen molar-refractivity contribution in [2.24, 2.45) is 17.8 Å². The number of Topliss-reactive ketones (excluding diaryl/α,β-unsaturated/α-hetero) is 1. The fourth-order valence-electron chi connectivity index (χ4n) is 3.15. The van der Waals surface area contributed by atoms with E-state index in [9.17, 15) is 13.2 Å². The summed E-state index contributed by atoms with van der Waals surface area (Å²) in [5.74, 6) is 2.07. The molecule has 0 N–H and O–H groups in total.